The molecule has 0 fully saturated rings. The van der Waals surface area contributed by atoms with Gasteiger partial charge in [-0.2, -0.15) is 0 Å². The lowest BCUT2D eigenvalue weighted by Crippen LogP contribution is -2.45. The summed E-state index contributed by atoms with van der Waals surface area (Å²) in [7, 11) is 1.66. The van der Waals surface area contributed by atoms with Crippen LogP contribution in [0.3, 0.4) is 0 Å². The summed E-state index contributed by atoms with van der Waals surface area (Å²) in [6, 6.07) is 13.7. The normalized spacial score (nSPS) is 18.4. The maximum absolute atomic E-state index is 10.8. The number of fused-ring (bicyclic) bond motifs is 3. The van der Waals surface area contributed by atoms with E-state index in [1.54, 1.807) is 7.11 Å². The van der Waals surface area contributed by atoms with Crippen LogP contribution >= 0.6 is 11.6 Å². The van der Waals surface area contributed by atoms with Crippen LogP contribution in [0.1, 0.15) is 36.7 Å². The highest BCUT2D eigenvalue weighted by Crippen LogP contribution is 2.40. The van der Waals surface area contributed by atoms with Gasteiger partial charge in [0, 0.05) is 28.2 Å². The molecule has 2 unspecified atom stereocenters. The molecular weight excluding hydrogens is 376 g/mol. The number of aliphatic hydroxyl groups is 1. The van der Waals surface area contributed by atoms with E-state index in [9.17, 15) is 5.11 Å². The van der Waals surface area contributed by atoms with Crippen molar-refractivity contribution in [2.24, 2.45) is 0 Å². The summed E-state index contributed by atoms with van der Waals surface area (Å²) in [5.41, 5.74) is 4.37. The first-order valence-electron chi connectivity index (χ1n) is 9.51. The molecule has 148 valence electrons. The molecule has 1 aliphatic heterocycles. The molecule has 0 saturated carbocycles. The number of aromatic nitrogens is 1. The van der Waals surface area contributed by atoms with Crippen molar-refractivity contribution in [3.8, 4) is 5.75 Å². The van der Waals surface area contributed by atoms with Gasteiger partial charge in [0.05, 0.1) is 19.3 Å². The fourth-order valence-corrected chi connectivity index (χ4v) is 4.18. The van der Waals surface area contributed by atoms with E-state index in [2.05, 4.69) is 11.1 Å². The van der Waals surface area contributed by atoms with E-state index in [0.29, 0.717) is 6.54 Å². The Morgan fingerprint density at radius 2 is 2.04 bits per heavy atom. The van der Waals surface area contributed by atoms with Crippen molar-refractivity contribution in [3.05, 3.63) is 64.3 Å². The Morgan fingerprint density at radius 1 is 1.21 bits per heavy atom. The molecule has 28 heavy (non-hydrogen) atoms. The number of nitrogens with zero attached hydrogens (tertiary/aromatic N) is 1. The number of ether oxygens (including phenoxy) is 2. The predicted octanol–water partition coefficient (Wildman–Crippen LogP) is 4.48. The molecule has 2 N–H and O–H groups in total. The van der Waals surface area contributed by atoms with E-state index in [-0.39, 0.29) is 12.1 Å². The Bertz CT molecular complexity index is 985. The second-order valence-electron chi connectivity index (χ2n) is 7.39. The second kappa shape index (κ2) is 7.76. The van der Waals surface area contributed by atoms with Crippen LogP contribution in [0.5, 0.6) is 5.75 Å². The maximum atomic E-state index is 10.8. The third-order valence-corrected chi connectivity index (χ3v) is 5.45. The van der Waals surface area contributed by atoms with Gasteiger partial charge in [-0.3, -0.25) is 0 Å². The lowest BCUT2D eigenvalue weighted by Gasteiger charge is -2.39. The van der Waals surface area contributed by atoms with Crippen LogP contribution in [-0.2, 0) is 11.2 Å². The number of aromatic amines is 1. The van der Waals surface area contributed by atoms with Gasteiger partial charge in [-0.1, -0.05) is 23.7 Å². The molecule has 0 spiro atoms. The first-order valence-corrected chi connectivity index (χ1v) is 9.89. The molecular formula is C22H25ClN2O3. The minimum absolute atomic E-state index is 0.0797. The standard InChI is InChI=1S/C22H25ClN2O3/c1-13(2)28-22(26)25-10-9-17-18-12-15(23)7-8-19(18)24-20(17)21(25)14-5-4-6-16(11-14)27-3/h4-8,11-13,21-22,24,26H,9-10H2,1-3H3. The molecule has 0 bridgehead atoms. The Balaban J connectivity index is 1.86. The molecule has 0 aliphatic carbocycles. The Morgan fingerprint density at radius 3 is 2.79 bits per heavy atom. The molecule has 0 saturated heterocycles. The lowest BCUT2D eigenvalue weighted by molar-refractivity contribution is -0.221. The zero-order valence-electron chi connectivity index (χ0n) is 16.3. The first kappa shape index (κ1) is 19.3. The third-order valence-electron chi connectivity index (χ3n) is 5.21. The van der Waals surface area contributed by atoms with Crippen molar-refractivity contribution in [2.75, 3.05) is 13.7 Å². The van der Waals surface area contributed by atoms with Gasteiger partial charge in [0.1, 0.15) is 5.75 Å². The van der Waals surface area contributed by atoms with Crippen molar-refractivity contribution in [2.45, 2.75) is 38.8 Å². The van der Waals surface area contributed by atoms with Crippen LogP contribution in [0.4, 0.5) is 0 Å². The zero-order chi connectivity index (χ0) is 19.8. The van der Waals surface area contributed by atoms with E-state index in [1.165, 1.54) is 5.56 Å². The Labute approximate surface area is 169 Å². The van der Waals surface area contributed by atoms with Crippen molar-refractivity contribution < 1.29 is 14.6 Å². The molecule has 0 radical (unpaired) electrons. The van der Waals surface area contributed by atoms with Crippen LogP contribution in [-0.4, -0.2) is 41.2 Å². The van der Waals surface area contributed by atoms with Crippen LogP contribution in [0.25, 0.3) is 10.9 Å². The van der Waals surface area contributed by atoms with Crippen molar-refractivity contribution >= 4 is 22.5 Å². The van der Waals surface area contributed by atoms with Crippen molar-refractivity contribution in [1.29, 1.82) is 0 Å². The number of aliphatic hydroxyl groups excluding tert-OH is 1. The topological polar surface area (TPSA) is 57.7 Å². The highest BCUT2D eigenvalue weighted by molar-refractivity contribution is 6.31. The van der Waals surface area contributed by atoms with Crippen molar-refractivity contribution in [3.63, 3.8) is 0 Å². The molecule has 5 nitrogen and oxygen atoms in total. The Kier molecular flexibility index (Phi) is 5.34. The third kappa shape index (κ3) is 3.51. The smallest absolute Gasteiger partial charge is 0.217 e. The van der Waals surface area contributed by atoms with Gasteiger partial charge in [-0.15, -0.1) is 0 Å². The van der Waals surface area contributed by atoms with E-state index in [0.717, 1.165) is 39.4 Å². The minimum atomic E-state index is -1.00. The summed E-state index contributed by atoms with van der Waals surface area (Å²) in [5.74, 6) is 0.781. The molecule has 1 aromatic heterocycles. The molecule has 2 atom stereocenters. The van der Waals surface area contributed by atoms with Gasteiger partial charge in [-0.05, 0) is 61.7 Å². The van der Waals surface area contributed by atoms with E-state index in [1.807, 2.05) is 55.1 Å². The van der Waals surface area contributed by atoms with Gasteiger partial charge >= 0.3 is 0 Å². The Hall–Kier alpha value is -2.05. The fourth-order valence-electron chi connectivity index (χ4n) is 4.01. The fraction of sp³-hybridized carbons (Fsp3) is 0.364. The van der Waals surface area contributed by atoms with Crippen molar-refractivity contribution in [1.82, 2.24) is 9.88 Å². The van der Waals surface area contributed by atoms with Gasteiger partial charge in [0.15, 0.2) is 0 Å². The summed E-state index contributed by atoms with van der Waals surface area (Å²) in [6.45, 7) is 4.51. The first-order chi connectivity index (χ1) is 13.5. The molecule has 2 heterocycles. The lowest BCUT2D eigenvalue weighted by atomic mass is 9.92. The van der Waals surface area contributed by atoms with Crippen LogP contribution in [0.2, 0.25) is 5.02 Å². The van der Waals surface area contributed by atoms with Gasteiger partial charge in [0.2, 0.25) is 6.41 Å². The van der Waals surface area contributed by atoms with Crippen LogP contribution < -0.4 is 4.74 Å². The van der Waals surface area contributed by atoms with E-state index in [4.69, 9.17) is 21.1 Å². The highest BCUT2D eigenvalue weighted by Gasteiger charge is 2.36. The van der Waals surface area contributed by atoms with Crippen LogP contribution in [0.15, 0.2) is 42.5 Å². The quantitative estimate of drug-likeness (QED) is 0.620. The molecule has 0 amide bonds. The monoisotopic (exact) mass is 400 g/mol. The molecule has 1 aliphatic rings. The minimum Gasteiger partial charge on any atom is -0.497 e. The largest absolute Gasteiger partial charge is 0.497 e. The second-order valence-corrected chi connectivity index (χ2v) is 7.82. The number of benzene rings is 2. The SMILES string of the molecule is COc1cccc(C2c3[nH]c4ccc(Cl)cc4c3CCN2C(O)OC(C)C)c1. The number of hydrogen-bond acceptors (Lipinski definition) is 4. The van der Waals surface area contributed by atoms with Crippen LogP contribution in [0, 0.1) is 0 Å². The summed E-state index contributed by atoms with van der Waals surface area (Å²) in [5, 5.41) is 12.6. The zero-order valence-corrected chi connectivity index (χ0v) is 17.0. The maximum Gasteiger partial charge on any atom is 0.217 e. The molecule has 4 rings (SSSR count). The summed E-state index contributed by atoms with van der Waals surface area (Å²) in [4.78, 5) is 5.54. The molecule has 2 aromatic carbocycles. The number of halogens is 1. The summed E-state index contributed by atoms with van der Waals surface area (Å²) < 4.78 is 11.2. The van der Waals surface area contributed by atoms with E-state index >= 15 is 0 Å². The average molecular weight is 401 g/mol. The summed E-state index contributed by atoms with van der Waals surface area (Å²) >= 11 is 6.25. The highest BCUT2D eigenvalue weighted by atomic mass is 35.5. The average Bonchev–Trinajstić information content (AvgIpc) is 3.04. The van der Waals surface area contributed by atoms with Gasteiger partial charge in [-0.25, -0.2) is 4.90 Å². The number of nitrogens with one attached hydrogen (secondary N) is 1. The summed E-state index contributed by atoms with van der Waals surface area (Å²) in [6.07, 6.45) is -0.280. The molecule has 6 heteroatoms. The molecule has 3 aromatic rings. The van der Waals surface area contributed by atoms with E-state index < -0.39 is 6.41 Å². The predicted molar refractivity (Wildman–Crippen MR) is 111 cm³/mol. The number of hydrogen-bond donors (Lipinski definition) is 2. The number of H-pyrrole nitrogens is 1. The van der Waals surface area contributed by atoms with Gasteiger partial charge in [0.25, 0.3) is 0 Å². The number of rotatable bonds is 5. The van der Waals surface area contributed by atoms with Gasteiger partial charge < -0.3 is 19.6 Å². The number of methoxy groups -OCH3 is 1.